The summed E-state index contributed by atoms with van der Waals surface area (Å²) in [6.07, 6.45) is -40.1. The van der Waals surface area contributed by atoms with Gasteiger partial charge in [-0.3, -0.25) is 9.35 Å². The van der Waals surface area contributed by atoms with Crippen molar-refractivity contribution in [3.05, 3.63) is 11.6 Å². The van der Waals surface area contributed by atoms with Gasteiger partial charge in [-0.2, -0.15) is 8.42 Å². The minimum absolute atomic E-state index is 0.0136. The minimum atomic E-state index is -4.92. The number of rotatable bonds is 18. The number of hydrogen-bond donors (Lipinski definition) is 15. The highest BCUT2D eigenvalue weighted by atomic mass is 32.3. The van der Waals surface area contributed by atoms with Crippen LogP contribution in [0.1, 0.15) is 120 Å². The lowest BCUT2D eigenvalue weighted by molar-refractivity contribution is -0.432. The van der Waals surface area contributed by atoms with Crippen LogP contribution in [0.25, 0.3) is 0 Å². The number of hydrogen-bond acceptors (Lipinski definition) is 28. The third-order valence-corrected chi connectivity index (χ3v) is 21.3. The summed E-state index contributed by atoms with van der Waals surface area (Å²) in [6, 6.07) is 0. The predicted octanol–water partition coefficient (Wildman–Crippen LogP) is -2.97. The number of Topliss-reactive ketones (excluding diaryl/α,β-unsaturated/α-hetero) is 1. The van der Waals surface area contributed by atoms with E-state index in [0.717, 1.165) is 5.57 Å². The lowest BCUT2D eigenvalue weighted by Gasteiger charge is -2.60. The van der Waals surface area contributed by atoms with Gasteiger partial charge in [0.15, 0.2) is 31.5 Å². The van der Waals surface area contributed by atoms with Crippen molar-refractivity contribution in [2.24, 2.45) is 40.4 Å². The molecule has 29 nitrogen and oxygen atoms in total. The number of aliphatic hydroxyl groups excluding tert-OH is 11. The number of carbonyl (C=O) groups excluding carboxylic acids is 1. The molecule has 0 amide bonds. The Morgan fingerprint density at radius 3 is 1.78 bits per heavy atom. The molecule has 502 valence electrons. The summed E-state index contributed by atoms with van der Waals surface area (Å²) >= 11 is 0. The number of aliphatic hydroxyl groups is 14. The summed E-state index contributed by atoms with van der Waals surface area (Å²) in [6.45, 7) is 14.2. The Kier molecular flexibility index (Phi) is 21.0. The molecule has 0 aromatic heterocycles. The molecule has 0 radical (unpaired) electrons. The average molecular weight is 1280 g/mol. The zero-order valence-corrected chi connectivity index (χ0v) is 51.2. The maximum atomic E-state index is 13.2. The second-order valence-corrected chi connectivity index (χ2v) is 28.3. The predicted molar refractivity (Wildman–Crippen MR) is 291 cm³/mol. The molecule has 87 heavy (non-hydrogen) atoms. The third kappa shape index (κ3) is 13.6. The molecule has 15 N–H and O–H groups in total. The van der Waals surface area contributed by atoms with Gasteiger partial charge in [-0.25, -0.2) is 4.18 Å². The molecule has 0 aromatic carbocycles. The van der Waals surface area contributed by atoms with Crippen LogP contribution in [0.3, 0.4) is 0 Å². The summed E-state index contributed by atoms with van der Waals surface area (Å²) in [5, 5.41) is 158. The van der Waals surface area contributed by atoms with Crippen molar-refractivity contribution in [1.29, 1.82) is 0 Å². The molecule has 8 fully saturated rings. The monoisotopic (exact) mass is 1270 g/mol. The Hall–Kier alpha value is -1.68. The smallest absolute Gasteiger partial charge is 0.394 e. The van der Waals surface area contributed by atoms with Gasteiger partial charge in [-0.15, -0.1) is 0 Å². The van der Waals surface area contributed by atoms with Crippen molar-refractivity contribution in [3.63, 3.8) is 0 Å². The van der Waals surface area contributed by atoms with Gasteiger partial charge in [-0.1, -0.05) is 39.3 Å². The van der Waals surface area contributed by atoms with E-state index in [1.54, 1.807) is 6.92 Å². The number of allylic oxidation sites excluding steroid dienone is 2. The Labute approximate surface area is 505 Å². The highest BCUT2D eigenvalue weighted by molar-refractivity contribution is 7.80. The Morgan fingerprint density at radius 1 is 0.655 bits per heavy atom. The van der Waals surface area contributed by atoms with E-state index in [1.807, 2.05) is 20.8 Å². The largest absolute Gasteiger partial charge is 0.397 e. The van der Waals surface area contributed by atoms with Crippen LogP contribution in [0.4, 0.5) is 0 Å². The van der Waals surface area contributed by atoms with Gasteiger partial charge in [-0.05, 0) is 120 Å². The molecule has 3 saturated carbocycles. The van der Waals surface area contributed by atoms with Crippen molar-refractivity contribution in [2.75, 3.05) is 6.61 Å². The van der Waals surface area contributed by atoms with Crippen LogP contribution >= 0.6 is 0 Å². The molecule has 5 saturated heterocycles. The standard InChI is InChI=1S/C57H94O29S/c1-21(2)16-26(59)19-56(9,70)34-11-10-29-28-18-32(31-17-27(86-87(73,74)75)12-14-54(31,7)30(28)13-15-55(29,34)8)80-51-44(69)48(57(71,72)25(6)79-51)85-52-47(84-50-42(67)39(64)36(61)23(4)77-50)43(68)45(24(5)78-52)82-53-46(40(65)37(62)33(20-58)81-53)83-49-41(66)38(63)35(60)22(3)76-49/h13,21-25,27-29,31-53,58,60-72H,10-12,14-20H2,1-9H3,(H,73,74,75)/t22?,23?,24?,25?,27-,28?,29?,31?,32-,33?,34-,35?,36?,37?,38?,39?,40?,41?,42?,43?,44?,45?,46?,47?,48?,49?,50?,51?,52?,53?,54+,55-,56-/m0/s1. The van der Waals surface area contributed by atoms with Gasteiger partial charge >= 0.3 is 10.4 Å². The van der Waals surface area contributed by atoms with Crippen molar-refractivity contribution < 1.29 is 141 Å². The van der Waals surface area contributed by atoms with Crippen LogP contribution in [-0.4, -0.2) is 268 Å². The maximum Gasteiger partial charge on any atom is 0.397 e. The molecule has 27 unspecified atom stereocenters. The van der Waals surface area contributed by atoms with E-state index in [0.29, 0.717) is 32.1 Å². The van der Waals surface area contributed by atoms with E-state index in [4.69, 9.17) is 51.6 Å². The molecule has 0 spiro atoms. The Balaban J connectivity index is 1.01. The quantitative estimate of drug-likeness (QED) is 0.0370. The van der Waals surface area contributed by atoms with E-state index in [9.17, 15) is 89.3 Å². The molecule has 4 aliphatic carbocycles. The fourth-order valence-electron chi connectivity index (χ4n) is 16.1. The lowest BCUT2D eigenvalue weighted by atomic mass is 9.47. The van der Waals surface area contributed by atoms with E-state index < -0.39 is 205 Å². The normalized spacial score (nSPS) is 51.0. The summed E-state index contributed by atoms with van der Waals surface area (Å²) in [7, 11) is -4.92. The first-order valence-corrected chi connectivity index (χ1v) is 31.8. The van der Waals surface area contributed by atoms with Gasteiger partial charge < -0.3 is 119 Å². The second kappa shape index (κ2) is 26.3. The van der Waals surface area contributed by atoms with Crippen molar-refractivity contribution >= 4 is 16.2 Å². The van der Waals surface area contributed by atoms with Gasteiger partial charge in [0.25, 0.3) is 0 Å². The molecule has 9 aliphatic rings. The first-order valence-electron chi connectivity index (χ1n) is 30.4. The molecule has 33 atom stereocenters. The van der Waals surface area contributed by atoms with Crippen LogP contribution in [-0.2, 0) is 66.7 Å². The van der Waals surface area contributed by atoms with Crippen LogP contribution in [0.15, 0.2) is 11.6 Å². The first kappa shape index (κ1) is 69.7. The molecule has 0 bridgehead atoms. The number of ketones is 1. The first-order chi connectivity index (χ1) is 40.4. The number of ether oxygens (including phenoxy) is 10. The van der Waals surface area contributed by atoms with E-state index in [-0.39, 0.29) is 55.1 Å². The number of carbonyl (C=O) groups is 1. The van der Waals surface area contributed by atoms with Gasteiger partial charge in [0, 0.05) is 12.8 Å². The highest BCUT2D eigenvalue weighted by Gasteiger charge is 2.65. The van der Waals surface area contributed by atoms with Crippen molar-refractivity contribution in [2.45, 2.75) is 291 Å². The van der Waals surface area contributed by atoms with Crippen LogP contribution in [0.2, 0.25) is 0 Å². The Morgan fingerprint density at radius 2 is 1.21 bits per heavy atom. The van der Waals surface area contributed by atoms with Crippen molar-refractivity contribution in [3.8, 4) is 0 Å². The minimum Gasteiger partial charge on any atom is -0.394 e. The fourth-order valence-corrected chi connectivity index (χ4v) is 16.6. The average Bonchev–Trinajstić information content (AvgIpc) is 1.46. The summed E-state index contributed by atoms with van der Waals surface area (Å²) in [4.78, 5) is 13.2. The van der Waals surface area contributed by atoms with Gasteiger partial charge in [0.05, 0.1) is 42.7 Å². The molecule has 5 heterocycles. The van der Waals surface area contributed by atoms with E-state index >= 15 is 0 Å². The molecular formula is C57H94O29S. The summed E-state index contributed by atoms with van der Waals surface area (Å²) in [5.41, 5.74) is -1.43. The summed E-state index contributed by atoms with van der Waals surface area (Å²) < 4.78 is 100. The third-order valence-electron chi connectivity index (χ3n) is 20.8. The number of fused-ring (bicyclic) bond motifs is 5. The molecular weight excluding hydrogens is 1180 g/mol. The van der Waals surface area contributed by atoms with Crippen LogP contribution < -0.4 is 0 Å². The highest BCUT2D eigenvalue weighted by Crippen LogP contribution is 2.67. The second-order valence-electron chi connectivity index (χ2n) is 27.3. The van der Waals surface area contributed by atoms with Crippen LogP contribution in [0.5, 0.6) is 0 Å². The van der Waals surface area contributed by atoms with Crippen LogP contribution in [0, 0.1) is 40.4 Å². The molecule has 5 aliphatic heterocycles. The molecule has 9 rings (SSSR count). The molecule has 0 aromatic rings. The van der Waals surface area contributed by atoms with E-state index in [2.05, 4.69) is 13.0 Å². The zero-order chi connectivity index (χ0) is 64.1. The van der Waals surface area contributed by atoms with Crippen molar-refractivity contribution in [1.82, 2.24) is 0 Å². The summed E-state index contributed by atoms with van der Waals surface area (Å²) in [5.74, 6) is -4.19. The van der Waals surface area contributed by atoms with Gasteiger partial charge in [0.2, 0.25) is 5.79 Å². The van der Waals surface area contributed by atoms with Gasteiger partial charge in [0.1, 0.15) is 103 Å². The Bertz CT molecular complexity index is 2510. The maximum absolute atomic E-state index is 13.2. The molecule has 30 heteroatoms. The topological polar surface area (TPSA) is 456 Å². The zero-order valence-electron chi connectivity index (χ0n) is 50.4. The SMILES string of the molecule is CC(C)CC(=O)C[C@](C)(O)[C@H]1CCC2C3C[C@H](OC4OC(C)C(O)(O)C(OC5OC(C)C(OC6OC(CO)C(O)C(O)C6OC6OC(C)C(O)C(O)C6O)C(O)C5OC5OC(C)C(O)C(O)C5O)C4O)C4C[C@@H](OS(=O)(=O)O)CC[C@]4(C)C3=CC[C@@]21C. The fraction of sp³-hybridized carbons (Fsp3) is 0.947. The lowest BCUT2D eigenvalue weighted by Crippen LogP contribution is -2.70. The van der Waals surface area contributed by atoms with E-state index in [1.165, 1.54) is 27.7 Å².